The molecular formula is C11H12N2O. The summed E-state index contributed by atoms with van der Waals surface area (Å²) in [7, 11) is 0. The van der Waals surface area contributed by atoms with E-state index in [2.05, 4.69) is 23.8 Å². The van der Waals surface area contributed by atoms with Crippen molar-refractivity contribution in [2.45, 2.75) is 19.8 Å². The fourth-order valence-electron chi connectivity index (χ4n) is 1.24. The van der Waals surface area contributed by atoms with E-state index in [1.165, 1.54) is 0 Å². The van der Waals surface area contributed by atoms with Crippen LogP contribution in [0.4, 0.5) is 0 Å². The van der Waals surface area contributed by atoms with Gasteiger partial charge in [0.05, 0.1) is 6.20 Å². The largest absolute Gasteiger partial charge is 0.443 e. The van der Waals surface area contributed by atoms with Gasteiger partial charge >= 0.3 is 0 Å². The maximum Gasteiger partial charge on any atom is 0.244 e. The number of pyridine rings is 1. The summed E-state index contributed by atoms with van der Waals surface area (Å²) in [5.41, 5.74) is 1.85. The Hall–Kier alpha value is -1.64. The lowest BCUT2D eigenvalue weighted by atomic mass is 10.1. The number of hydrogen-bond donors (Lipinski definition) is 0. The van der Waals surface area contributed by atoms with Crippen molar-refractivity contribution in [3.63, 3.8) is 0 Å². The molecule has 0 N–H and O–H groups in total. The summed E-state index contributed by atoms with van der Waals surface area (Å²) in [6, 6.07) is 5.89. The molecule has 0 amide bonds. The van der Waals surface area contributed by atoms with Crippen LogP contribution in [0, 0.1) is 0 Å². The second-order valence-corrected chi connectivity index (χ2v) is 3.44. The van der Waals surface area contributed by atoms with Crippen LogP contribution < -0.4 is 0 Å². The SMILES string of the molecule is CC(C)c1cccc(-c2ncco2)n1. The maximum absolute atomic E-state index is 5.18. The van der Waals surface area contributed by atoms with Crippen LogP contribution >= 0.6 is 0 Å². The van der Waals surface area contributed by atoms with Crippen LogP contribution in [0.2, 0.25) is 0 Å². The molecule has 72 valence electrons. The zero-order chi connectivity index (χ0) is 9.97. The Labute approximate surface area is 82.8 Å². The molecule has 0 aliphatic carbocycles. The molecule has 0 atom stereocenters. The predicted molar refractivity (Wildman–Crippen MR) is 53.8 cm³/mol. The molecule has 0 fully saturated rings. The first-order valence-electron chi connectivity index (χ1n) is 4.64. The molecule has 0 aliphatic rings. The van der Waals surface area contributed by atoms with E-state index in [1.54, 1.807) is 12.5 Å². The fraction of sp³-hybridized carbons (Fsp3) is 0.273. The van der Waals surface area contributed by atoms with Gasteiger partial charge in [-0.3, -0.25) is 0 Å². The van der Waals surface area contributed by atoms with E-state index in [1.807, 2.05) is 18.2 Å². The molecule has 3 nitrogen and oxygen atoms in total. The normalized spacial score (nSPS) is 10.8. The van der Waals surface area contributed by atoms with Crippen molar-refractivity contribution in [3.8, 4) is 11.6 Å². The van der Waals surface area contributed by atoms with E-state index in [4.69, 9.17) is 4.42 Å². The van der Waals surface area contributed by atoms with Crippen molar-refractivity contribution in [1.29, 1.82) is 0 Å². The van der Waals surface area contributed by atoms with Gasteiger partial charge in [0.1, 0.15) is 12.0 Å². The van der Waals surface area contributed by atoms with Crippen LogP contribution in [0.1, 0.15) is 25.5 Å². The highest BCUT2D eigenvalue weighted by Gasteiger charge is 2.06. The Morgan fingerprint density at radius 3 is 2.79 bits per heavy atom. The molecule has 0 saturated carbocycles. The zero-order valence-electron chi connectivity index (χ0n) is 8.27. The summed E-state index contributed by atoms with van der Waals surface area (Å²) in [5.74, 6) is 0.998. The predicted octanol–water partition coefficient (Wildman–Crippen LogP) is 2.86. The fourth-order valence-corrected chi connectivity index (χ4v) is 1.24. The van der Waals surface area contributed by atoms with Gasteiger partial charge in [0, 0.05) is 5.69 Å². The molecule has 2 rings (SSSR count). The number of aromatic nitrogens is 2. The van der Waals surface area contributed by atoms with Gasteiger partial charge in [-0.2, -0.15) is 0 Å². The second kappa shape index (κ2) is 3.62. The third-order valence-electron chi connectivity index (χ3n) is 2.01. The topological polar surface area (TPSA) is 38.9 Å². The molecule has 0 bridgehead atoms. The summed E-state index contributed by atoms with van der Waals surface area (Å²) < 4.78 is 5.18. The molecule has 2 heterocycles. The standard InChI is InChI=1S/C11H12N2O/c1-8(2)9-4-3-5-10(13-9)11-12-6-7-14-11/h3-8H,1-2H3. The van der Waals surface area contributed by atoms with Crippen LogP contribution in [0.5, 0.6) is 0 Å². The van der Waals surface area contributed by atoms with E-state index < -0.39 is 0 Å². The summed E-state index contributed by atoms with van der Waals surface area (Å²) in [4.78, 5) is 8.52. The van der Waals surface area contributed by atoms with Gasteiger partial charge in [0.25, 0.3) is 0 Å². The molecule has 2 aromatic heterocycles. The Morgan fingerprint density at radius 2 is 2.14 bits per heavy atom. The Bertz CT molecular complexity index is 407. The molecule has 3 heteroatoms. The minimum absolute atomic E-state index is 0.421. The highest BCUT2D eigenvalue weighted by atomic mass is 16.3. The van der Waals surface area contributed by atoms with E-state index in [9.17, 15) is 0 Å². The molecule has 0 spiro atoms. The van der Waals surface area contributed by atoms with Gasteiger partial charge in [-0.05, 0) is 18.1 Å². The van der Waals surface area contributed by atoms with Crippen LogP contribution in [0.15, 0.2) is 35.1 Å². The van der Waals surface area contributed by atoms with Gasteiger partial charge in [-0.15, -0.1) is 0 Å². The average molecular weight is 188 g/mol. The second-order valence-electron chi connectivity index (χ2n) is 3.44. The zero-order valence-corrected chi connectivity index (χ0v) is 8.27. The van der Waals surface area contributed by atoms with Crippen molar-refractivity contribution < 1.29 is 4.42 Å². The summed E-state index contributed by atoms with van der Waals surface area (Å²) in [6.45, 7) is 4.23. The molecule has 14 heavy (non-hydrogen) atoms. The first-order valence-corrected chi connectivity index (χ1v) is 4.64. The van der Waals surface area contributed by atoms with Crippen molar-refractivity contribution in [2.24, 2.45) is 0 Å². The third-order valence-corrected chi connectivity index (χ3v) is 2.01. The van der Waals surface area contributed by atoms with Gasteiger partial charge in [0.2, 0.25) is 5.89 Å². The summed E-state index contributed by atoms with van der Waals surface area (Å²) >= 11 is 0. The Balaban J connectivity index is 2.41. The lowest BCUT2D eigenvalue weighted by Gasteiger charge is -2.04. The van der Waals surface area contributed by atoms with Crippen molar-refractivity contribution in [1.82, 2.24) is 9.97 Å². The molecule has 0 unspecified atom stereocenters. The van der Waals surface area contributed by atoms with Gasteiger partial charge in [0.15, 0.2) is 0 Å². The number of rotatable bonds is 2. The van der Waals surface area contributed by atoms with Crippen molar-refractivity contribution in [2.75, 3.05) is 0 Å². The van der Waals surface area contributed by atoms with Crippen molar-refractivity contribution >= 4 is 0 Å². The van der Waals surface area contributed by atoms with E-state index in [-0.39, 0.29) is 0 Å². The Kier molecular flexibility index (Phi) is 2.31. The molecular weight excluding hydrogens is 176 g/mol. The lowest BCUT2D eigenvalue weighted by Crippen LogP contribution is -1.93. The molecule has 0 saturated heterocycles. The highest BCUT2D eigenvalue weighted by Crippen LogP contribution is 2.18. The smallest absolute Gasteiger partial charge is 0.244 e. The van der Waals surface area contributed by atoms with Crippen molar-refractivity contribution in [3.05, 3.63) is 36.4 Å². The van der Waals surface area contributed by atoms with E-state index in [0.29, 0.717) is 11.8 Å². The summed E-state index contributed by atoms with van der Waals surface area (Å²) in [5, 5.41) is 0. The average Bonchev–Trinajstić information content (AvgIpc) is 2.71. The van der Waals surface area contributed by atoms with Gasteiger partial charge < -0.3 is 4.42 Å². The van der Waals surface area contributed by atoms with E-state index in [0.717, 1.165) is 11.4 Å². The minimum atomic E-state index is 0.421. The van der Waals surface area contributed by atoms with Crippen LogP contribution in [-0.4, -0.2) is 9.97 Å². The lowest BCUT2D eigenvalue weighted by molar-refractivity contribution is 0.571. The Morgan fingerprint density at radius 1 is 1.29 bits per heavy atom. The first kappa shape index (κ1) is 8.94. The maximum atomic E-state index is 5.18. The molecule has 0 aliphatic heterocycles. The first-order chi connectivity index (χ1) is 6.77. The monoisotopic (exact) mass is 188 g/mol. The summed E-state index contributed by atoms with van der Waals surface area (Å²) in [6.07, 6.45) is 3.18. The van der Waals surface area contributed by atoms with Crippen LogP contribution in [-0.2, 0) is 0 Å². The third kappa shape index (κ3) is 1.66. The number of oxazole rings is 1. The van der Waals surface area contributed by atoms with Crippen LogP contribution in [0.25, 0.3) is 11.6 Å². The number of nitrogens with zero attached hydrogens (tertiary/aromatic N) is 2. The highest BCUT2D eigenvalue weighted by molar-refractivity contribution is 5.46. The molecule has 0 radical (unpaired) electrons. The van der Waals surface area contributed by atoms with Gasteiger partial charge in [-0.1, -0.05) is 19.9 Å². The van der Waals surface area contributed by atoms with Gasteiger partial charge in [-0.25, -0.2) is 9.97 Å². The van der Waals surface area contributed by atoms with Crippen LogP contribution in [0.3, 0.4) is 0 Å². The molecule has 0 aromatic carbocycles. The molecule has 2 aromatic rings. The minimum Gasteiger partial charge on any atom is -0.443 e. The van der Waals surface area contributed by atoms with E-state index >= 15 is 0 Å². The quantitative estimate of drug-likeness (QED) is 0.727. The number of hydrogen-bond acceptors (Lipinski definition) is 3.